The minimum atomic E-state index is -0.254. The van der Waals surface area contributed by atoms with Crippen molar-refractivity contribution >= 4 is 0 Å². The lowest BCUT2D eigenvalue weighted by molar-refractivity contribution is 0.0653. The van der Waals surface area contributed by atoms with Crippen molar-refractivity contribution < 1.29 is 5.11 Å². The van der Waals surface area contributed by atoms with Crippen LogP contribution in [0.25, 0.3) is 0 Å². The fourth-order valence-corrected chi connectivity index (χ4v) is 2.54. The summed E-state index contributed by atoms with van der Waals surface area (Å²) in [7, 11) is 0. The Kier molecular flexibility index (Phi) is 3.29. The molecule has 3 unspecified atom stereocenters. The Bertz CT molecular complexity index is 362. The third-order valence-electron chi connectivity index (χ3n) is 4.00. The highest BCUT2D eigenvalue weighted by atomic mass is 16.3. The molecule has 0 bridgehead atoms. The third kappa shape index (κ3) is 1.99. The summed E-state index contributed by atoms with van der Waals surface area (Å²) in [5.74, 6) is 1.09. The molecule has 1 aliphatic carbocycles. The summed E-state index contributed by atoms with van der Waals surface area (Å²) in [4.78, 5) is 4.44. The molecular formula is C14H21NO. The first-order valence-electron chi connectivity index (χ1n) is 6.23. The van der Waals surface area contributed by atoms with E-state index in [1.54, 1.807) is 0 Å². The third-order valence-corrected chi connectivity index (χ3v) is 4.00. The van der Waals surface area contributed by atoms with Crippen LogP contribution in [0, 0.1) is 11.8 Å². The first-order valence-corrected chi connectivity index (χ1v) is 6.23. The van der Waals surface area contributed by atoms with Crippen LogP contribution in [-0.4, -0.2) is 16.2 Å². The van der Waals surface area contributed by atoms with Gasteiger partial charge >= 0.3 is 0 Å². The van der Waals surface area contributed by atoms with Gasteiger partial charge in [0.15, 0.2) is 0 Å². The minimum Gasteiger partial charge on any atom is -0.392 e. The van der Waals surface area contributed by atoms with Crippen molar-refractivity contribution in [1.82, 2.24) is 4.98 Å². The van der Waals surface area contributed by atoms with E-state index in [-0.39, 0.29) is 12.0 Å². The smallest absolute Gasteiger partial charge is 0.0651 e. The van der Waals surface area contributed by atoms with Crippen LogP contribution < -0.4 is 0 Å². The maximum atomic E-state index is 10.4. The number of rotatable bonds is 3. The number of nitrogens with zero attached hydrogens (tertiary/aromatic N) is 1. The summed E-state index contributed by atoms with van der Waals surface area (Å²) >= 11 is 0. The number of fused-ring (bicyclic) bond motifs is 1. The molecule has 1 aromatic rings. The van der Waals surface area contributed by atoms with E-state index in [9.17, 15) is 5.11 Å². The number of hydrogen-bond acceptors (Lipinski definition) is 2. The molecule has 0 radical (unpaired) electrons. The number of aliphatic hydroxyl groups is 1. The van der Waals surface area contributed by atoms with Gasteiger partial charge in [-0.3, -0.25) is 4.98 Å². The van der Waals surface area contributed by atoms with Gasteiger partial charge in [-0.15, -0.1) is 0 Å². The Labute approximate surface area is 97.7 Å². The number of aromatic nitrogens is 1. The first kappa shape index (κ1) is 11.6. The quantitative estimate of drug-likeness (QED) is 0.848. The molecule has 88 valence electrons. The fraction of sp³-hybridized carbons (Fsp3) is 0.643. The highest BCUT2D eigenvalue weighted by Gasteiger charge is 2.33. The van der Waals surface area contributed by atoms with Gasteiger partial charge in [0, 0.05) is 17.8 Å². The lowest BCUT2D eigenvalue weighted by Crippen LogP contribution is -2.28. The number of aliphatic hydroxyl groups excluding tert-OH is 1. The molecule has 0 spiro atoms. The summed E-state index contributed by atoms with van der Waals surface area (Å²) in [5.41, 5.74) is 2.45. The van der Waals surface area contributed by atoms with Crippen molar-refractivity contribution in [2.24, 2.45) is 11.8 Å². The maximum Gasteiger partial charge on any atom is 0.0651 e. The first-order chi connectivity index (χ1) is 7.61. The fourth-order valence-electron chi connectivity index (χ4n) is 2.54. The molecule has 1 aliphatic rings. The molecule has 0 saturated heterocycles. The van der Waals surface area contributed by atoms with Crippen LogP contribution in [-0.2, 0) is 6.42 Å². The number of pyridine rings is 1. The maximum absolute atomic E-state index is 10.4. The molecule has 2 nitrogen and oxygen atoms in total. The Hall–Kier alpha value is -0.890. The lowest BCUT2D eigenvalue weighted by Gasteiger charge is -2.27. The van der Waals surface area contributed by atoms with Crippen molar-refractivity contribution in [2.45, 2.75) is 45.6 Å². The van der Waals surface area contributed by atoms with E-state index in [0.29, 0.717) is 11.8 Å². The van der Waals surface area contributed by atoms with E-state index in [1.165, 1.54) is 5.56 Å². The highest BCUT2D eigenvalue weighted by Crippen LogP contribution is 2.37. The normalized spacial score (nSPS) is 23.2. The summed E-state index contributed by atoms with van der Waals surface area (Å²) in [6.07, 6.45) is 3.70. The van der Waals surface area contributed by atoms with Gasteiger partial charge in [0.05, 0.1) is 6.10 Å². The van der Waals surface area contributed by atoms with E-state index >= 15 is 0 Å². The molecular weight excluding hydrogens is 198 g/mol. The van der Waals surface area contributed by atoms with Gasteiger partial charge in [-0.05, 0) is 36.3 Å². The topological polar surface area (TPSA) is 33.1 Å². The minimum absolute atomic E-state index is 0.244. The van der Waals surface area contributed by atoms with Gasteiger partial charge in [0.2, 0.25) is 0 Å². The molecule has 0 fully saturated rings. The van der Waals surface area contributed by atoms with Gasteiger partial charge in [0.1, 0.15) is 0 Å². The molecule has 16 heavy (non-hydrogen) atoms. The predicted octanol–water partition coefficient (Wildman–Crippen LogP) is 2.76. The second-order valence-corrected chi connectivity index (χ2v) is 5.29. The van der Waals surface area contributed by atoms with Crippen molar-refractivity contribution in [3.8, 4) is 0 Å². The van der Waals surface area contributed by atoms with Crippen molar-refractivity contribution in [1.29, 1.82) is 0 Å². The zero-order valence-electron chi connectivity index (χ0n) is 10.4. The van der Waals surface area contributed by atoms with Crippen LogP contribution in [0.4, 0.5) is 0 Å². The predicted molar refractivity (Wildman–Crippen MR) is 65.3 cm³/mol. The van der Waals surface area contributed by atoms with E-state index in [2.05, 4.69) is 31.8 Å². The van der Waals surface area contributed by atoms with Crippen LogP contribution in [0.2, 0.25) is 0 Å². The van der Waals surface area contributed by atoms with Gasteiger partial charge in [-0.2, -0.15) is 0 Å². The van der Waals surface area contributed by atoms with Gasteiger partial charge < -0.3 is 5.11 Å². The second-order valence-electron chi connectivity index (χ2n) is 5.29. The largest absolute Gasteiger partial charge is 0.392 e. The highest BCUT2D eigenvalue weighted by molar-refractivity contribution is 5.29. The molecule has 1 heterocycles. The Balaban J connectivity index is 2.19. The van der Waals surface area contributed by atoms with E-state index in [4.69, 9.17) is 0 Å². The van der Waals surface area contributed by atoms with E-state index in [1.807, 2.05) is 12.3 Å². The molecule has 2 rings (SSSR count). The molecule has 1 aromatic heterocycles. The molecule has 1 N–H and O–H groups in total. The van der Waals surface area contributed by atoms with Crippen LogP contribution >= 0.6 is 0 Å². The average Bonchev–Trinajstić information content (AvgIpc) is 2.70. The zero-order chi connectivity index (χ0) is 11.7. The van der Waals surface area contributed by atoms with Gasteiger partial charge in [-0.1, -0.05) is 26.8 Å². The van der Waals surface area contributed by atoms with E-state index in [0.717, 1.165) is 18.5 Å². The standard InChI is InChI=1S/C14H21NO/c1-9(2)10(3)14(16)12-7-6-11-5-4-8-15-13(11)12/h4-5,8-10,12,14,16H,6-7H2,1-3H3. The second kappa shape index (κ2) is 4.54. The van der Waals surface area contributed by atoms with Crippen LogP contribution in [0.5, 0.6) is 0 Å². The SMILES string of the molecule is CC(C)C(C)C(O)C1CCc2cccnc21. The van der Waals surface area contributed by atoms with Crippen LogP contribution in [0.3, 0.4) is 0 Å². The molecule has 0 aliphatic heterocycles. The summed E-state index contributed by atoms with van der Waals surface area (Å²) < 4.78 is 0. The number of aryl methyl sites for hydroxylation is 1. The van der Waals surface area contributed by atoms with E-state index < -0.39 is 0 Å². The van der Waals surface area contributed by atoms with Crippen molar-refractivity contribution in [3.05, 3.63) is 29.6 Å². The number of hydrogen-bond donors (Lipinski definition) is 1. The summed E-state index contributed by atoms with van der Waals surface area (Å²) in [6.45, 7) is 6.47. The zero-order valence-corrected chi connectivity index (χ0v) is 10.4. The summed E-state index contributed by atoms with van der Waals surface area (Å²) in [5, 5.41) is 10.4. The lowest BCUT2D eigenvalue weighted by atomic mass is 9.83. The molecule has 3 atom stereocenters. The summed E-state index contributed by atoms with van der Waals surface area (Å²) in [6, 6.07) is 4.12. The van der Waals surface area contributed by atoms with Gasteiger partial charge in [0.25, 0.3) is 0 Å². The molecule has 0 amide bonds. The van der Waals surface area contributed by atoms with Crippen LogP contribution in [0.1, 0.15) is 44.4 Å². The average molecular weight is 219 g/mol. The molecule has 0 saturated carbocycles. The Morgan fingerprint density at radius 2 is 2.12 bits per heavy atom. The van der Waals surface area contributed by atoms with Crippen molar-refractivity contribution in [3.63, 3.8) is 0 Å². The Morgan fingerprint density at radius 1 is 1.38 bits per heavy atom. The molecule has 0 aromatic carbocycles. The van der Waals surface area contributed by atoms with Crippen LogP contribution in [0.15, 0.2) is 18.3 Å². The Morgan fingerprint density at radius 3 is 2.81 bits per heavy atom. The van der Waals surface area contributed by atoms with Crippen molar-refractivity contribution in [2.75, 3.05) is 0 Å². The molecule has 2 heteroatoms. The van der Waals surface area contributed by atoms with Gasteiger partial charge in [-0.25, -0.2) is 0 Å². The monoisotopic (exact) mass is 219 g/mol.